The van der Waals surface area contributed by atoms with Crippen LogP contribution in [0.3, 0.4) is 0 Å². The molecule has 0 N–H and O–H groups in total. The van der Waals surface area contributed by atoms with Gasteiger partial charge in [-0.25, -0.2) is 0 Å². The molecule has 0 aliphatic carbocycles. The van der Waals surface area contributed by atoms with Crippen LogP contribution in [0, 0.1) is 5.41 Å². The van der Waals surface area contributed by atoms with E-state index in [1.165, 1.54) is 17.3 Å². The van der Waals surface area contributed by atoms with Gasteiger partial charge in [-0.2, -0.15) is 99.3 Å². The molecule has 230 valence electrons. The van der Waals surface area contributed by atoms with Gasteiger partial charge in [-0.3, -0.25) is 19.2 Å². The summed E-state index contributed by atoms with van der Waals surface area (Å²) in [5, 5.41) is 0. The molecule has 0 heterocycles. The van der Waals surface area contributed by atoms with Gasteiger partial charge in [0.25, 0.3) is 0 Å². The number of rotatable bonds is 22. The lowest BCUT2D eigenvalue weighted by molar-refractivity contribution is -0.170. The van der Waals surface area contributed by atoms with Crippen LogP contribution < -0.4 is 0 Å². The molecule has 0 spiro atoms. The van der Waals surface area contributed by atoms with E-state index in [0.29, 0.717) is 0 Å². The molecule has 0 aliphatic rings. The van der Waals surface area contributed by atoms with E-state index < -0.39 is 29.3 Å². The van der Waals surface area contributed by atoms with E-state index in [1.807, 2.05) is 23.5 Å². The minimum absolute atomic E-state index is 0.0670. The summed E-state index contributed by atoms with van der Waals surface area (Å²) < 4.78 is 21.1. The lowest BCUT2D eigenvalue weighted by atomic mass is 9.92. The van der Waals surface area contributed by atoms with Crippen molar-refractivity contribution in [2.45, 2.75) is 37.2 Å². The van der Waals surface area contributed by atoms with Crippen molar-refractivity contribution in [2.24, 2.45) is 5.41 Å². The summed E-state index contributed by atoms with van der Waals surface area (Å²) in [5.41, 5.74) is -1.25. The third kappa shape index (κ3) is 27.3. The van der Waals surface area contributed by atoms with Crippen LogP contribution in [0.25, 0.3) is 0 Å². The van der Waals surface area contributed by atoms with Crippen LogP contribution in [0.1, 0.15) is 32.6 Å². The summed E-state index contributed by atoms with van der Waals surface area (Å²) in [4.78, 5) is 47.1. The summed E-state index contributed by atoms with van der Waals surface area (Å²) in [7, 11) is 0. The van der Waals surface area contributed by atoms with Crippen molar-refractivity contribution in [1.29, 1.82) is 0 Å². The van der Waals surface area contributed by atoms with Crippen LogP contribution in [0.15, 0.2) is 0 Å². The first-order chi connectivity index (χ1) is 18.6. The molecule has 0 saturated heterocycles. The second-order valence-corrected chi connectivity index (χ2v) is 13.8. The Bertz CT molecular complexity index is 577. The van der Waals surface area contributed by atoms with Gasteiger partial charge in [0.05, 0.1) is 30.3 Å². The Kier molecular flexibility index (Phi) is 30.9. The number of thioether (sulfide) groups is 2. The fourth-order valence-corrected chi connectivity index (χ4v) is 5.26. The monoisotopic (exact) mass is 702 g/mol. The summed E-state index contributed by atoms with van der Waals surface area (Å²) in [6.45, 7) is 1.06. The van der Waals surface area contributed by atoms with Crippen molar-refractivity contribution >= 4 is 123 Å². The number of hydrogen-bond acceptors (Lipinski definition) is 16. The van der Waals surface area contributed by atoms with Crippen LogP contribution >= 0.6 is 99.3 Å². The van der Waals surface area contributed by atoms with E-state index in [0.717, 1.165) is 5.75 Å². The second kappa shape index (κ2) is 28.8. The molecule has 0 aromatic carbocycles. The largest absolute Gasteiger partial charge is 0.465 e. The maximum Gasteiger partial charge on any atom is 0.306 e. The van der Waals surface area contributed by atoms with Crippen LogP contribution in [0.2, 0.25) is 0 Å². The summed E-state index contributed by atoms with van der Waals surface area (Å²) in [6, 6.07) is 0. The molecular weight excluding hydrogens is 661 g/mol. The molecule has 0 atom stereocenters. The molecule has 0 fully saturated rings. The first kappa shape index (κ1) is 41.8. The first-order valence-electron chi connectivity index (χ1n) is 12.2. The zero-order valence-electron chi connectivity index (χ0n) is 22.2. The maximum atomic E-state index is 11.8. The highest BCUT2D eigenvalue weighted by atomic mass is 32.2. The van der Waals surface area contributed by atoms with Crippen LogP contribution in [-0.4, -0.2) is 101 Å². The highest BCUT2D eigenvalue weighted by Crippen LogP contribution is 2.22. The van der Waals surface area contributed by atoms with Gasteiger partial charge in [0, 0.05) is 40.3 Å². The van der Waals surface area contributed by atoms with E-state index in [1.54, 1.807) is 0 Å². The van der Waals surface area contributed by atoms with Gasteiger partial charge in [-0.15, -0.1) is 0 Å². The maximum absolute atomic E-state index is 11.8. The molecule has 8 nitrogen and oxygen atoms in total. The first-order valence-corrected chi connectivity index (χ1v) is 18.0. The van der Waals surface area contributed by atoms with Gasteiger partial charge < -0.3 is 18.9 Å². The van der Waals surface area contributed by atoms with Gasteiger partial charge in [-0.05, 0) is 5.75 Å². The minimum Gasteiger partial charge on any atom is -0.465 e. The fourth-order valence-electron chi connectivity index (χ4n) is 2.29. The molecule has 0 unspecified atom stereocenters. The Morgan fingerprint density at radius 1 is 0.615 bits per heavy atom. The molecule has 39 heavy (non-hydrogen) atoms. The molecule has 0 bridgehead atoms. The highest BCUT2D eigenvalue weighted by Gasteiger charge is 2.37. The van der Waals surface area contributed by atoms with Crippen molar-refractivity contribution in [3.8, 4) is 0 Å². The topological polar surface area (TPSA) is 105 Å². The summed E-state index contributed by atoms with van der Waals surface area (Å²) >= 11 is 28.1. The number of thiol groups is 6. The predicted molar refractivity (Wildman–Crippen MR) is 182 cm³/mol. The number of esters is 4. The predicted octanol–water partition coefficient (Wildman–Crippen LogP) is 4.08. The standard InChI is InChI=1S/C17H28O8S4.C6H14S4/c18-13(1-5-26)22-9-17(10-23-14(19)2-6-27,11-24-15(20)3-7-28)12-25-16(21)4-8-29;1-2-9-3-4-10-5-6(7)8/h26-29H,1-12H2;6-8H,2-5H2,1H3. The van der Waals surface area contributed by atoms with Crippen LogP contribution in [0.4, 0.5) is 0 Å². The molecule has 0 amide bonds. The van der Waals surface area contributed by atoms with Crippen molar-refractivity contribution in [3.63, 3.8) is 0 Å². The minimum atomic E-state index is -1.25. The van der Waals surface area contributed by atoms with Crippen molar-refractivity contribution in [2.75, 3.05) is 72.5 Å². The van der Waals surface area contributed by atoms with Crippen LogP contribution in [0.5, 0.6) is 0 Å². The molecule has 16 heteroatoms. The third-order valence-electron chi connectivity index (χ3n) is 4.26. The Hall–Kier alpha value is 0.680. The molecule has 0 saturated carbocycles. The average Bonchev–Trinajstić information content (AvgIpc) is 2.89. The van der Waals surface area contributed by atoms with E-state index in [-0.39, 0.29) is 79.7 Å². The smallest absolute Gasteiger partial charge is 0.306 e. The number of carbonyl (C=O) groups excluding carboxylic acids is 4. The lowest BCUT2D eigenvalue weighted by Gasteiger charge is -2.31. The number of carbonyl (C=O) groups is 4. The normalized spacial score (nSPS) is 10.9. The Labute approximate surface area is 274 Å². The SMILES string of the molecule is CCSCCSCC(S)S.O=C(CCS)OCC(COC(=O)CCS)(COC(=O)CCS)COC(=O)CCS. The summed E-state index contributed by atoms with van der Waals surface area (Å²) in [5.74, 6) is 3.79. The van der Waals surface area contributed by atoms with Gasteiger partial charge in [0.1, 0.15) is 31.8 Å². The Morgan fingerprint density at radius 3 is 1.18 bits per heavy atom. The van der Waals surface area contributed by atoms with Crippen molar-refractivity contribution in [1.82, 2.24) is 0 Å². The fraction of sp³-hybridized carbons (Fsp3) is 0.826. The zero-order valence-corrected chi connectivity index (χ0v) is 29.2. The van der Waals surface area contributed by atoms with Gasteiger partial charge >= 0.3 is 23.9 Å². The second-order valence-electron chi connectivity index (χ2n) is 7.79. The van der Waals surface area contributed by atoms with Crippen molar-refractivity contribution in [3.05, 3.63) is 0 Å². The van der Waals surface area contributed by atoms with Gasteiger partial charge in [-0.1, -0.05) is 6.92 Å². The average molecular weight is 703 g/mol. The summed E-state index contributed by atoms with van der Waals surface area (Å²) in [6.07, 6.45) is 0.268. The molecule has 0 rings (SSSR count). The third-order valence-corrected chi connectivity index (χ3v) is 8.24. The molecule has 0 aliphatic heterocycles. The van der Waals surface area contributed by atoms with E-state index >= 15 is 0 Å². The number of hydrogen-bond donors (Lipinski definition) is 6. The van der Waals surface area contributed by atoms with Gasteiger partial charge in [0.2, 0.25) is 0 Å². The quantitative estimate of drug-likeness (QED) is 0.0325. The van der Waals surface area contributed by atoms with E-state index in [4.69, 9.17) is 18.9 Å². The molecule has 0 radical (unpaired) electrons. The molecule has 0 aromatic rings. The van der Waals surface area contributed by atoms with E-state index in [2.05, 4.69) is 82.7 Å². The van der Waals surface area contributed by atoms with Crippen molar-refractivity contribution < 1.29 is 38.1 Å². The Morgan fingerprint density at radius 2 is 0.923 bits per heavy atom. The number of ether oxygens (including phenoxy) is 4. The van der Waals surface area contributed by atoms with Crippen LogP contribution in [-0.2, 0) is 38.1 Å². The Balaban J connectivity index is 0. The molecule has 0 aromatic heterocycles. The zero-order chi connectivity index (χ0) is 29.9. The highest BCUT2D eigenvalue weighted by molar-refractivity contribution is 8.05. The van der Waals surface area contributed by atoms with E-state index in [9.17, 15) is 19.2 Å². The molecular formula is C23H42O8S8. The van der Waals surface area contributed by atoms with Gasteiger partial charge in [0.15, 0.2) is 0 Å². The lowest BCUT2D eigenvalue weighted by Crippen LogP contribution is -2.44.